The molecule has 0 saturated carbocycles. The zero-order chi connectivity index (χ0) is 20.2. The number of carbonyl (C=O) groups excluding carboxylic acids is 2. The van der Waals surface area contributed by atoms with Gasteiger partial charge in [-0.2, -0.15) is 0 Å². The van der Waals surface area contributed by atoms with Crippen LogP contribution in [0.25, 0.3) is 11.2 Å². The molecule has 9 heteroatoms. The average molecular weight is 394 g/mol. The number of fused-ring (bicyclic) bond motifs is 1. The normalized spacial score (nSPS) is 16.6. The number of benzene rings is 1. The van der Waals surface area contributed by atoms with Crippen LogP contribution in [0, 0.1) is 5.92 Å². The zero-order valence-corrected chi connectivity index (χ0v) is 16.1. The molecule has 9 nitrogen and oxygen atoms in total. The molecule has 2 aromatic heterocycles. The molecule has 1 amide bonds. The number of piperidine rings is 1. The molecule has 3 heterocycles. The van der Waals surface area contributed by atoms with Gasteiger partial charge < -0.3 is 19.9 Å². The van der Waals surface area contributed by atoms with Crippen LogP contribution in [0.4, 0.5) is 11.5 Å². The van der Waals surface area contributed by atoms with Gasteiger partial charge >= 0.3 is 5.97 Å². The largest absolute Gasteiger partial charge is 0.462 e. The van der Waals surface area contributed by atoms with Crippen molar-refractivity contribution < 1.29 is 14.3 Å². The fourth-order valence-electron chi connectivity index (χ4n) is 3.56. The van der Waals surface area contributed by atoms with Crippen molar-refractivity contribution in [2.24, 2.45) is 5.92 Å². The van der Waals surface area contributed by atoms with E-state index in [-0.39, 0.29) is 11.8 Å². The topological polar surface area (TPSA) is 113 Å². The van der Waals surface area contributed by atoms with E-state index >= 15 is 0 Å². The lowest BCUT2D eigenvalue weighted by Crippen LogP contribution is -2.41. The Kier molecular flexibility index (Phi) is 5.37. The number of ether oxygens (including phenoxy) is 1. The Morgan fingerprint density at radius 1 is 1.31 bits per heavy atom. The van der Waals surface area contributed by atoms with Crippen LogP contribution in [0.5, 0.6) is 0 Å². The van der Waals surface area contributed by atoms with Gasteiger partial charge in [0.25, 0.3) is 0 Å². The minimum absolute atomic E-state index is 0.0781. The molecule has 1 fully saturated rings. The molecule has 0 radical (unpaired) electrons. The number of imidazole rings is 1. The summed E-state index contributed by atoms with van der Waals surface area (Å²) in [5.41, 5.74) is 2.38. The van der Waals surface area contributed by atoms with E-state index < -0.39 is 5.97 Å². The third kappa shape index (κ3) is 4.03. The quantitative estimate of drug-likeness (QED) is 0.639. The van der Waals surface area contributed by atoms with E-state index in [2.05, 4.69) is 30.2 Å². The minimum atomic E-state index is -0.403. The molecule has 0 aliphatic carbocycles. The Balaban J connectivity index is 1.46. The number of H-pyrrole nitrogens is 1. The molecule has 0 spiro atoms. The number of hydrogen-bond donors (Lipinski definition) is 2. The van der Waals surface area contributed by atoms with Crippen LogP contribution in [-0.4, -0.2) is 51.5 Å². The lowest BCUT2D eigenvalue weighted by molar-refractivity contribution is -0.120. The molecule has 0 unspecified atom stereocenters. The maximum Gasteiger partial charge on any atom is 0.338 e. The highest BCUT2D eigenvalue weighted by Crippen LogP contribution is 2.26. The van der Waals surface area contributed by atoms with Gasteiger partial charge in [0.15, 0.2) is 11.5 Å². The number of aromatic amines is 1. The predicted molar refractivity (Wildman–Crippen MR) is 108 cm³/mol. The van der Waals surface area contributed by atoms with Gasteiger partial charge in [-0.05, 0) is 38.0 Å². The Hall–Kier alpha value is -3.49. The number of anilines is 2. The van der Waals surface area contributed by atoms with Gasteiger partial charge in [-0.25, -0.2) is 19.7 Å². The van der Waals surface area contributed by atoms with E-state index in [1.165, 1.54) is 6.33 Å². The van der Waals surface area contributed by atoms with Crippen LogP contribution in [0.2, 0.25) is 0 Å². The molecule has 1 saturated heterocycles. The second-order valence-electron chi connectivity index (χ2n) is 6.87. The lowest BCUT2D eigenvalue weighted by Gasteiger charge is -2.32. The van der Waals surface area contributed by atoms with E-state index in [1.54, 1.807) is 37.5 Å². The maximum atomic E-state index is 12.9. The van der Waals surface area contributed by atoms with Crippen molar-refractivity contribution in [3.05, 3.63) is 42.5 Å². The third-order valence-electron chi connectivity index (χ3n) is 4.94. The van der Waals surface area contributed by atoms with Gasteiger partial charge in [-0.15, -0.1) is 0 Å². The van der Waals surface area contributed by atoms with Gasteiger partial charge in [-0.1, -0.05) is 6.07 Å². The van der Waals surface area contributed by atoms with E-state index in [9.17, 15) is 9.59 Å². The highest BCUT2D eigenvalue weighted by molar-refractivity contribution is 5.96. The Morgan fingerprint density at radius 3 is 3.07 bits per heavy atom. The maximum absolute atomic E-state index is 12.9. The van der Waals surface area contributed by atoms with Crippen LogP contribution in [0.1, 0.15) is 30.1 Å². The molecule has 1 aromatic carbocycles. The summed E-state index contributed by atoms with van der Waals surface area (Å²) in [4.78, 5) is 42.6. The standard InChI is InChI=1S/C20H22N6O3/c1-2-29-20(28)13-5-3-7-15(9-13)25-19(27)14-6-4-8-26(10-14)18-16-17(22-11-21-16)23-12-24-18/h3,5,7,9,11-12,14H,2,4,6,8,10H2,1H3,(H,25,27)(H,21,22,23,24)/t14-/m1/s1. The summed E-state index contributed by atoms with van der Waals surface area (Å²) in [5.74, 6) is 0.0858. The van der Waals surface area contributed by atoms with E-state index in [0.717, 1.165) is 30.7 Å². The Labute approximate surface area is 167 Å². The second-order valence-corrected chi connectivity index (χ2v) is 6.87. The van der Waals surface area contributed by atoms with Crippen LogP contribution >= 0.6 is 0 Å². The third-order valence-corrected chi connectivity index (χ3v) is 4.94. The summed E-state index contributed by atoms with van der Waals surface area (Å²) in [7, 11) is 0. The summed E-state index contributed by atoms with van der Waals surface area (Å²) >= 11 is 0. The van der Waals surface area contributed by atoms with Crippen LogP contribution in [0.3, 0.4) is 0 Å². The van der Waals surface area contributed by atoms with Crippen LogP contribution in [0.15, 0.2) is 36.9 Å². The molecular weight excluding hydrogens is 372 g/mol. The molecular formula is C20H22N6O3. The first-order chi connectivity index (χ1) is 14.2. The molecule has 0 bridgehead atoms. The number of nitrogens with zero attached hydrogens (tertiary/aromatic N) is 4. The van der Waals surface area contributed by atoms with Crippen molar-refractivity contribution in [2.45, 2.75) is 19.8 Å². The van der Waals surface area contributed by atoms with Gasteiger partial charge in [0, 0.05) is 18.8 Å². The SMILES string of the molecule is CCOC(=O)c1cccc(NC(=O)[C@@H]2CCCN(c3ncnc4nc[nH]c34)C2)c1. The zero-order valence-electron chi connectivity index (χ0n) is 16.1. The second kappa shape index (κ2) is 8.26. The number of hydrogen-bond acceptors (Lipinski definition) is 7. The summed E-state index contributed by atoms with van der Waals surface area (Å²) < 4.78 is 5.02. The van der Waals surface area contributed by atoms with Crippen molar-refractivity contribution in [3.8, 4) is 0 Å². The number of esters is 1. The van der Waals surface area contributed by atoms with E-state index in [4.69, 9.17) is 4.74 Å². The Morgan fingerprint density at radius 2 is 2.21 bits per heavy atom. The van der Waals surface area contributed by atoms with E-state index in [1.807, 2.05) is 0 Å². The molecule has 4 rings (SSSR count). The Bertz CT molecular complexity index is 1030. The van der Waals surface area contributed by atoms with Gasteiger partial charge in [0.2, 0.25) is 5.91 Å². The van der Waals surface area contributed by atoms with Crippen LogP contribution in [-0.2, 0) is 9.53 Å². The van der Waals surface area contributed by atoms with Gasteiger partial charge in [-0.3, -0.25) is 4.79 Å². The number of rotatable bonds is 5. The fraction of sp³-hybridized carbons (Fsp3) is 0.350. The van der Waals surface area contributed by atoms with Gasteiger partial charge in [0.05, 0.1) is 24.4 Å². The smallest absolute Gasteiger partial charge is 0.338 e. The number of aromatic nitrogens is 4. The molecule has 1 aliphatic heterocycles. The predicted octanol–water partition coefficient (Wildman–Crippen LogP) is 2.38. The highest BCUT2D eigenvalue weighted by atomic mass is 16.5. The summed E-state index contributed by atoms with van der Waals surface area (Å²) in [6.45, 7) is 3.43. The van der Waals surface area contributed by atoms with Crippen molar-refractivity contribution in [3.63, 3.8) is 0 Å². The molecule has 1 aliphatic rings. The lowest BCUT2D eigenvalue weighted by atomic mass is 9.97. The molecule has 1 atom stereocenters. The summed E-state index contributed by atoms with van der Waals surface area (Å²) in [6, 6.07) is 6.79. The van der Waals surface area contributed by atoms with Crippen molar-refractivity contribution >= 4 is 34.5 Å². The van der Waals surface area contributed by atoms with Gasteiger partial charge in [0.1, 0.15) is 11.8 Å². The number of nitrogens with one attached hydrogen (secondary N) is 2. The average Bonchev–Trinajstić information content (AvgIpc) is 3.23. The first kappa shape index (κ1) is 18.9. The monoisotopic (exact) mass is 394 g/mol. The fourth-order valence-corrected chi connectivity index (χ4v) is 3.56. The molecule has 3 aromatic rings. The van der Waals surface area contributed by atoms with Crippen LogP contribution < -0.4 is 10.2 Å². The molecule has 150 valence electrons. The van der Waals surface area contributed by atoms with Crippen molar-refractivity contribution in [1.82, 2.24) is 19.9 Å². The van der Waals surface area contributed by atoms with E-state index in [0.29, 0.717) is 30.0 Å². The number of amides is 1. The number of carbonyl (C=O) groups is 2. The first-order valence-corrected chi connectivity index (χ1v) is 9.62. The minimum Gasteiger partial charge on any atom is -0.462 e. The summed E-state index contributed by atoms with van der Waals surface area (Å²) in [6.07, 6.45) is 4.74. The van der Waals surface area contributed by atoms with Crippen molar-refractivity contribution in [2.75, 3.05) is 29.9 Å². The summed E-state index contributed by atoms with van der Waals surface area (Å²) in [5, 5.41) is 2.93. The first-order valence-electron chi connectivity index (χ1n) is 9.62. The molecule has 29 heavy (non-hydrogen) atoms. The highest BCUT2D eigenvalue weighted by Gasteiger charge is 2.28. The molecule has 2 N–H and O–H groups in total. The van der Waals surface area contributed by atoms with Crippen molar-refractivity contribution in [1.29, 1.82) is 0 Å².